The lowest BCUT2D eigenvalue weighted by atomic mass is 10.1. The van der Waals surface area contributed by atoms with Crippen LogP contribution in [0.25, 0.3) is 0 Å². The average Bonchev–Trinajstić information content (AvgIpc) is 2.49. The number of carboxylic acid groups (broad SMARTS) is 1. The maximum atomic E-state index is 11.9. The smallest absolute Gasteiger partial charge is 0.313 e. The number of nitro groups is 1. The molecule has 120 valence electrons. The highest BCUT2D eigenvalue weighted by Crippen LogP contribution is 2.21. The molecule has 1 aromatic carbocycles. The molecule has 10 heteroatoms. The summed E-state index contributed by atoms with van der Waals surface area (Å²) >= 11 is 0.831. The first-order chi connectivity index (χ1) is 10.9. The zero-order chi connectivity index (χ0) is 17.0. The van der Waals surface area contributed by atoms with Gasteiger partial charge in [-0.15, -0.1) is 10.2 Å². The van der Waals surface area contributed by atoms with Gasteiger partial charge >= 0.3 is 5.97 Å². The molecule has 0 aliphatic rings. The lowest BCUT2D eigenvalue weighted by Gasteiger charge is -2.04. The number of nitrogens with one attached hydrogen (secondary N) is 1. The molecule has 1 aromatic heterocycles. The van der Waals surface area contributed by atoms with Crippen molar-refractivity contribution in [2.24, 2.45) is 0 Å². The van der Waals surface area contributed by atoms with E-state index in [2.05, 4.69) is 15.2 Å². The Kier molecular flexibility index (Phi) is 5.06. The Hall–Kier alpha value is -2.75. The largest absolute Gasteiger partial charge is 0.481 e. The predicted octanol–water partition coefficient (Wildman–Crippen LogP) is 1.15. The molecule has 1 heterocycles. The summed E-state index contributed by atoms with van der Waals surface area (Å²) < 4.78 is 0. The summed E-state index contributed by atoms with van der Waals surface area (Å²) in [6, 6.07) is 4.71. The molecular formula is C13H12N4O5S. The fraction of sp³-hybridized carbons (Fsp3) is 0.231. The molecule has 2 aromatic rings. The number of benzene rings is 1. The van der Waals surface area contributed by atoms with E-state index >= 15 is 0 Å². The molecule has 2 rings (SSSR count). The minimum atomic E-state index is -1.04. The van der Waals surface area contributed by atoms with Crippen molar-refractivity contribution in [1.29, 1.82) is 0 Å². The fourth-order valence-corrected chi connectivity index (χ4v) is 2.35. The number of carboxylic acids is 1. The first-order valence-electron chi connectivity index (χ1n) is 6.41. The monoisotopic (exact) mass is 336 g/mol. The Morgan fingerprint density at radius 1 is 1.43 bits per heavy atom. The maximum Gasteiger partial charge on any atom is 0.313 e. The SMILES string of the molecule is Cc1ccc(Cc2nnc(SCC(=O)O)[nH]c2=O)c([N+](=O)[O-])c1. The van der Waals surface area contributed by atoms with E-state index in [1.165, 1.54) is 6.07 Å². The predicted molar refractivity (Wildman–Crippen MR) is 81.7 cm³/mol. The number of hydrogen-bond acceptors (Lipinski definition) is 7. The van der Waals surface area contributed by atoms with Crippen LogP contribution < -0.4 is 5.56 Å². The molecule has 0 amide bonds. The molecule has 0 saturated carbocycles. The number of aromatic amines is 1. The van der Waals surface area contributed by atoms with Crippen LogP contribution in [0.5, 0.6) is 0 Å². The van der Waals surface area contributed by atoms with Crippen molar-refractivity contribution in [3.63, 3.8) is 0 Å². The summed E-state index contributed by atoms with van der Waals surface area (Å²) in [6.07, 6.45) is -0.0389. The summed E-state index contributed by atoms with van der Waals surface area (Å²) in [4.78, 5) is 35.4. The van der Waals surface area contributed by atoms with Crippen LogP contribution in [0.4, 0.5) is 5.69 Å². The molecule has 0 spiro atoms. The summed E-state index contributed by atoms with van der Waals surface area (Å²) in [5.74, 6) is -1.30. The zero-order valence-electron chi connectivity index (χ0n) is 12.0. The first kappa shape index (κ1) is 16.6. The quantitative estimate of drug-likeness (QED) is 0.455. The number of rotatable bonds is 6. The summed E-state index contributed by atoms with van der Waals surface area (Å²) in [6.45, 7) is 1.73. The highest BCUT2D eigenvalue weighted by Gasteiger charge is 2.17. The molecule has 0 radical (unpaired) electrons. The molecule has 0 bridgehead atoms. The van der Waals surface area contributed by atoms with Gasteiger partial charge in [0.2, 0.25) is 0 Å². The van der Waals surface area contributed by atoms with Crippen LogP contribution in [0, 0.1) is 17.0 Å². The number of carbonyl (C=O) groups is 1. The van der Waals surface area contributed by atoms with Crippen molar-refractivity contribution in [3.8, 4) is 0 Å². The van der Waals surface area contributed by atoms with E-state index in [-0.39, 0.29) is 28.7 Å². The average molecular weight is 336 g/mol. The standard InChI is InChI=1S/C13H12N4O5S/c1-7-2-3-8(10(4-7)17(21)22)5-9-12(20)14-13(16-15-9)23-6-11(18)19/h2-4H,5-6H2,1H3,(H,18,19)(H,14,16,20). The van der Waals surface area contributed by atoms with E-state index in [1.807, 2.05) is 0 Å². The number of aromatic nitrogens is 3. The van der Waals surface area contributed by atoms with E-state index in [4.69, 9.17) is 5.11 Å². The van der Waals surface area contributed by atoms with Crippen molar-refractivity contribution in [2.75, 3.05) is 5.75 Å². The van der Waals surface area contributed by atoms with Crippen LogP contribution in [-0.2, 0) is 11.2 Å². The van der Waals surface area contributed by atoms with Crippen molar-refractivity contribution in [2.45, 2.75) is 18.5 Å². The van der Waals surface area contributed by atoms with E-state index in [9.17, 15) is 19.7 Å². The lowest BCUT2D eigenvalue weighted by Crippen LogP contribution is -2.18. The van der Waals surface area contributed by atoms with Crippen LogP contribution in [0.3, 0.4) is 0 Å². The van der Waals surface area contributed by atoms with Gasteiger partial charge in [-0.1, -0.05) is 23.9 Å². The summed E-state index contributed by atoms with van der Waals surface area (Å²) in [7, 11) is 0. The Balaban J connectivity index is 2.26. The fourth-order valence-electron chi connectivity index (χ4n) is 1.83. The van der Waals surface area contributed by atoms with Crippen LogP contribution >= 0.6 is 11.8 Å². The van der Waals surface area contributed by atoms with Crippen LogP contribution in [-0.4, -0.2) is 36.9 Å². The number of aliphatic carboxylic acids is 1. The second kappa shape index (κ2) is 7.01. The molecule has 0 atom stereocenters. The van der Waals surface area contributed by atoms with E-state index < -0.39 is 16.5 Å². The Morgan fingerprint density at radius 2 is 2.17 bits per heavy atom. The molecule has 0 unspecified atom stereocenters. The minimum absolute atomic E-state index is 0.0247. The van der Waals surface area contributed by atoms with Gasteiger partial charge in [-0.25, -0.2) is 0 Å². The Bertz CT molecular complexity index is 820. The van der Waals surface area contributed by atoms with E-state index in [0.717, 1.165) is 17.3 Å². The highest BCUT2D eigenvalue weighted by atomic mass is 32.2. The molecule has 0 fully saturated rings. The van der Waals surface area contributed by atoms with Crippen molar-refractivity contribution in [1.82, 2.24) is 15.2 Å². The third-order valence-electron chi connectivity index (χ3n) is 2.87. The van der Waals surface area contributed by atoms with E-state index in [0.29, 0.717) is 5.56 Å². The van der Waals surface area contributed by atoms with Gasteiger partial charge in [0, 0.05) is 18.1 Å². The second-order valence-electron chi connectivity index (χ2n) is 4.65. The molecular weight excluding hydrogens is 324 g/mol. The van der Waals surface area contributed by atoms with Crippen LogP contribution in [0.15, 0.2) is 28.2 Å². The highest BCUT2D eigenvalue weighted by molar-refractivity contribution is 7.99. The van der Waals surface area contributed by atoms with Gasteiger partial charge in [-0.3, -0.25) is 24.7 Å². The van der Waals surface area contributed by atoms with Crippen molar-refractivity contribution in [3.05, 3.63) is 55.5 Å². The summed E-state index contributed by atoms with van der Waals surface area (Å²) in [5.41, 5.74) is 0.474. The molecule has 9 nitrogen and oxygen atoms in total. The Labute approximate surface area is 133 Å². The van der Waals surface area contributed by atoms with E-state index in [1.54, 1.807) is 19.1 Å². The maximum absolute atomic E-state index is 11.9. The first-order valence-corrected chi connectivity index (χ1v) is 7.39. The lowest BCUT2D eigenvalue weighted by molar-refractivity contribution is -0.385. The third-order valence-corrected chi connectivity index (χ3v) is 3.72. The van der Waals surface area contributed by atoms with Crippen molar-refractivity contribution < 1.29 is 14.8 Å². The Morgan fingerprint density at radius 3 is 2.78 bits per heavy atom. The third kappa shape index (κ3) is 4.36. The minimum Gasteiger partial charge on any atom is -0.481 e. The second-order valence-corrected chi connectivity index (χ2v) is 5.62. The van der Waals surface area contributed by atoms with Gasteiger partial charge in [0.15, 0.2) is 5.16 Å². The number of hydrogen-bond donors (Lipinski definition) is 2. The van der Waals surface area contributed by atoms with Gasteiger partial charge in [-0.2, -0.15) is 0 Å². The number of H-pyrrole nitrogens is 1. The number of nitrogens with zero attached hydrogens (tertiary/aromatic N) is 3. The zero-order valence-corrected chi connectivity index (χ0v) is 12.8. The van der Waals surface area contributed by atoms with Gasteiger partial charge in [0.1, 0.15) is 5.69 Å². The molecule has 0 aliphatic heterocycles. The number of thioether (sulfide) groups is 1. The van der Waals surface area contributed by atoms with Crippen LogP contribution in [0.2, 0.25) is 0 Å². The normalized spacial score (nSPS) is 10.5. The molecule has 0 saturated heterocycles. The number of aryl methyl sites for hydroxylation is 1. The molecule has 23 heavy (non-hydrogen) atoms. The van der Waals surface area contributed by atoms with Crippen LogP contribution in [0.1, 0.15) is 16.8 Å². The molecule has 0 aliphatic carbocycles. The molecule has 2 N–H and O–H groups in total. The van der Waals surface area contributed by atoms with Crippen molar-refractivity contribution >= 4 is 23.4 Å². The van der Waals surface area contributed by atoms with Gasteiger partial charge < -0.3 is 5.11 Å². The van der Waals surface area contributed by atoms with Gasteiger partial charge in [0.25, 0.3) is 11.2 Å². The summed E-state index contributed by atoms with van der Waals surface area (Å²) in [5, 5.41) is 27.2. The topological polar surface area (TPSA) is 139 Å². The van der Waals surface area contributed by atoms with Gasteiger partial charge in [-0.05, 0) is 12.5 Å². The van der Waals surface area contributed by atoms with Gasteiger partial charge in [0.05, 0.1) is 10.7 Å². The number of nitro benzene ring substituents is 1.